The molecular weight excluding hydrogens is 538 g/mol. The lowest BCUT2D eigenvalue weighted by atomic mass is 9.98. The first-order valence-electron chi connectivity index (χ1n) is 13.7. The van der Waals surface area contributed by atoms with Crippen LogP contribution in [0.15, 0.2) is 60.7 Å². The number of fused-ring (bicyclic) bond motifs is 4. The number of hydrogen-bond acceptors (Lipinski definition) is 0. The Morgan fingerprint density at radius 1 is 0.762 bits per heavy atom. The number of aromatic amines is 1. The molecule has 208 valence electrons. The van der Waals surface area contributed by atoms with Crippen molar-refractivity contribution in [1.82, 2.24) is 9.46 Å². The fourth-order valence-corrected chi connectivity index (χ4v) is 6.56. The van der Waals surface area contributed by atoms with Gasteiger partial charge in [0.05, 0.1) is 22.4 Å². The maximum absolute atomic E-state index is 14.2. The largest absolute Gasteiger partial charge is 0.609 e. The molecule has 10 heteroatoms. The first-order valence-corrected chi connectivity index (χ1v) is 13.7. The smallest absolute Gasteiger partial charge is 0.488 e. The molecule has 42 heavy (non-hydrogen) atoms. The molecule has 3 aromatic carbocycles. The van der Waals surface area contributed by atoms with Gasteiger partial charge in [0.15, 0.2) is 11.4 Å². The number of rotatable bonds is 4. The van der Waals surface area contributed by atoms with E-state index in [1.165, 1.54) is 0 Å². The Labute approximate surface area is 240 Å². The van der Waals surface area contributed by atoms with E-state index in [1.807, 2.05) is 74.5 Å². The molecule has 4 heterocycles. The summed E-state index contributed by atoms with van der Waals surface area (Å²) in [6.45, 7) is 7.32. The minimum Gasteiger partial charge on any atom is -0.488 e. The third-order valence-electron chi connectivity index (χ3n) is 8.57. The molecule has 0 saturated carbocycles. The average molecular weight is 564 g/mol. The zero-order chi connectivity index (χ0) is 29.4. The zero-order valence-corrected chi connectivity index (χ0v) is 23.5. The van der Waals surface area contributed by atoms with Crippen LogP contribution in [0.3, 0.4) is 0 Å². The molecule has 2 N–H and O–H groups in total. The average Bonchev–Trinajstić information content (AvgIpc) is 3.63. The first-order chi connectivity index (χ1) is 20.2. The molecule has 4 nitrogen and oxygen atoms in total. The van der Waals surface area contributed by atoms with Gasteiger partial charge in [0.2, 0.25) is 5.70 Å². The Bertz CT molecular complexity index is 2100. The second-order valence-electron chi connectivity index (χ2n) is 10.9. The van der Waals surface area contributed by atoms with Gasteiger partial charge in [0.25, 0.3) is 0 Å². The van der Waals surface area contributed by atoms with Crippen LogP contribution in [0, 0.1) is 13.8 Å². The maximum atomic E-state index is 14.2. The SMILES string of the molecule is CC1=[NH+]/C(=C\c2c3ccccc3c(C)n2[B-](F)F)c2cc3c(C)[nH]c(/C=C4/c5ccccc5C(C)=[N+]4[B-](F)F)c3cc21. The summed E-state index contributed by atoms with van der Waals surface area (Å²) in [7, 11) is -5.37. The zero-order valence-electron chi connectivity index (χ0n) is 23.5. The Hall–Kier alpha value is -4.59. The molecule has 0 spiro atoms. The van der Waals surface area contributed by atoms with Crippen molar-refractivity contribution in [3.63, 3.8) is 0 Å². The highest BCUT2D eigenvalue weighted by Crippen LogP contribution is 2.36. The number of halogens is 4. The maximum Gasteiger partial charge on any atom is 0.609 e. The Morgan fingerprint density at radius 2 is 1.43 bits per heavy atom. The van der Waals surface area contributed by atoms with Crippen molar-refractivity contribution in [2.45, 2.75) is 27.7 Å². The highest BCUT2D eigenvalue weighted by molar-refractivity contribution is 6.42. The molecule has 0 aliphatic carbocycles. The van der Waals surface area contributed by atoms with Crippen molar-refractivity contribution in [1.29, 1.82) is 0 Å². The van der Waals surface area contributed by atoms with E-state index in [0.29, 0.717) is 22.8 Å². The van der Waals surface area contributed by atoms with Crippen molar-refractivity contribution in [3.8, 4) is 0 Å². The van der Waals surface area contributed by atoms with Crippen molar-refractivity contribution >= 4 is 71.3 Å². The van der Waals surface area contributed by atoms with Crippen LogP contribution >= 0.6 is 0 Å². The van der Waals surface area contributed by atoms with E-state index < -0.39 is 14.8 Å². The molecule has 2 aliphatic rings. The van der Waals surface area contributed by atoms with Gasteiger partial charge in [-0.15, -0.1) is 0 Å². The predicted octanol–water partition coefficient (Wildman–Crippen LogP) is 6.17. The molecule has 0 amide bonds. The second-order valence-corrected chi connectivity index (χ2v) is 10.9. The van der Waals surface area contributed by atoms with Crippen LogP contribution in [0.4, 0.5) is 17.3 Å². The lowest BCUT2D eigenvalue weighted by molar-refractivity contribution is -0.337. The van der Waals surface area contributed by atoms with Gasteiger partial charge in [-0.1, -0.05) is 36.4 Å². The van der Waals surface area contributed by atoms with Gasteiger partial charge in [-0.3, -0.25) is 0 Å². The van der Waals surface area contributed by atoms with Crippen molar-refractivity contribution in [2.24, 2.45) is 0 Å². The fourth-order valence-electron chi connectivity index (χ4n) is 6.56. The van der Waals surface area contributed by atoms with E-state index in [9.17, 15) is 17.3 Å². The minimum absolute atomic E-state index is 0.441. The summed E-state index contributed by atoms with van der Waals surface area (Å²) in [6, 6.07) is 19.0. The normalized spacial score (nSPS) is 16.7. The van der Waals surface area contributed by atoms with Gasteiger partial charge in [0, 0.05) is 59.1 Å². The van der Waals surface area contributed by atoms with Crippen LogP contribution in [0.1, 0.15) is 58.9 Å². The van der Waals surface area contributed by atoms with Gasteiger partial charge < -0.3 is 31.2 Å². The molecule has 2 aromatic heterocycles. The Balaban J connectivity index is 1.41. The summed E-state index contributed by atoms with van der Waals surface area (Å²) in [4.78, 5) is 6.82. The first kappa shape index (κ1) is 26.3. The third-order valence-corrected chi connectivity index (χ3v) is 8.57. The quantitative estimate of drug-likeness (QED) is 0.194. The van der Waals surface area contributed by atoms with Crippen LogP contribution in [-0.4, -0.2) is 40.2 Å². The van der Waals surface area contributed by atoms with Gasteiger partial charge in [-0.2, -0.15) is 0 Å². The van der Waals surface area contributed by atoms with E-state index >= 15 is 0 Å². The number of aromatic nitrogens is 2. The summed E-state index contributed by atoms with van der Waals surface area (Å²) in [5.41, 5.74) is 8.52. The molecular formula is C32H26B2F4N4. The minimum atomic E-state index is -2.69. The van der Waals surface area contributed by atoms with E-state index in [1.54, 1.807) is 26.0 Å². The highest BCUT2D eigenvalue weighted by atomic mass is 19.2. The summed E-state index contributed by atoms with van der Waals surface area (Å²) >= 11 is 0. The highest BCUT2D eigenvalue weighted by Gasteiger charge is 2.33. The van der Waals surface area contributed by atoms with E-state index in [-0.39, 0.29) is 0 Å². The van der Waals surface area contributed by atoms with E-state index in [2.05, 4.69) is 9.98 Å². The lowest BCUT2D eigenvalue weighted by Crippen LogP contribution is -2.65. The third kappa shape index (κ3) is 3.77. The Kier molecular flexibility index (Phi) is 5.94. The molecule has 0 bridgehead atoms. The number of aryl methyl sites for hydroxylation is 2. The number of H-pyrrole nitrogens is 1. The second kappa shape index (κ2) is 9.48. The van der Waals surface area contributed by atoms with Crippen LogP contribution in [0.2, 0.25) is 0 Å². The number of nitrogens with zero attached hydrogens (tertiary/aromatic N) is 2. The molecule has 0 fully saturated rings. The topological polar surface area (TPSA) is 37.7 Å². The van der Waals surface area contributed by atoms with Crippen LogP contribution < -0.4 is 4.99 Å². The van der Waals surface area contributed by atoms with Gasteiger partial charge in [-0.25, -0.2) is 4.99 Å². The fraction of sp³-hybridized carbons (Fsp3) is 0.125. The van der Waals surface area contributed by atoms with Crippen molar-refractivity contribution in [2.75, 3.05) is 0 Å². The van der Waals surface area contributed by atoms with Crippen molar-refractivity contribution in [3.05, 3.63) is 106 Å². The summed E-state index contributed by atoms with van der Waals surface area (Å²) < 4.78 is 59.1. The molecule has 0 unspecified atom stereocenters. The van der Waals surface area contributed by atoms with Crippen molar-refractivity contribution < 1.29 is 26.7 Å². The Morgan fingerprint density at radius 3 is 2.14 bits per heavy atom. The molecule has 2 radical (unpaired) electrons. The van der Waals surface area contributed by atoms with Gasteiger partial charge >= 0.3 is 14.8 Å². The van der Waals surface area contributed by atoms with Gasteiger partial charge in [0.1, 0.15) is 5.71 Å². The monoisotopic (exact) mass is 564 g/mol. The van der Waals surface area contributed by atoms with Crippen LogP contribution in [-0.2, 0) is 0 Å². The molecule has 0 atom stereocenters. The van der Waals surface area contributed by atoms with Crippen LogP contribution in [0.25, 0.3) is 45.1 Å². The molecule has 7 rings (SSSR count). The standard InChI is InChI=1S/C32H25B2F4N4/c1-17-25-13-28-26(18(2)40-30(28)16-32-24-12-8-6-10-22(24)20(4)42(32)34(37)38)14-27(25)29(39-17)15-31-23-11-7-5-9-21(23)19(3)41(31)33(35)36/h5-16,39H,1-4H3/q-1/p+1/b30-16-,31-15-. The summed E-state index contributed by atoms with van der Waals surface area (Å²) in [5, 5.41) is 3.38. The van der Waals surface area contributed by atoms with E-state index in [0.717, 1.165) is 75.6 Å². The number of nitrogens with one attached hydrogen (secondary N) is 2. The molecule has 2 aliphatic heterocycles. The van der Waals surface area contributed by atoms with E-state index in [4.69, 9.17) is 0 Å². The summed E-state index contributed by atoms with van der Waals surface area (Å²) in [6.07, 6.45) is 3.59. The predicted molar refractivity (Wildman–Crippen MR) is 164 cm³/mol. The summed E-state index contributed by atoms with van der Waals surface area (Å²) in [5.74, 6) is 0. The van der Waals surface area contributed by atoms with Gasteiger partial charge in [-0.05, 0) is 49.2 Å². The van der Waals surface area contributed by atoms with Crippen LogP contribution in [0.5, 0.6) is 0 Å². The molecule has 0 saturated heterocycles. The number of hydrogen-bond donors (Lipinski definition) is 2. The lowest BCUT2D eigenvalue weighted by Gasteiger charge is -2.18. The number of benzene rings is 3. The molecule has 5 aromatic rings.